The van der Waals surface area contributed by atoms with E-state index in [1.807, 2.05) is 19.9 Å². The first-order chi connectivity index (χ1) is 13.8. The number of nitrogens with one attached hydrogen (secondary N) is 2. The molecule has 3 rings (SSSR count). The van der Waals surface area contributed by atoms with Crippen molar-refractivity contribution in [2.24, 2.45) is 0 Å². The molecule has 0 saturated heterocycles. The molecular formula is C22H25ClN2O3S. The van der Waals surface area contributed by atoms with Gasteiger partial charge in [-0.3, -0.25) is 9.52 Å². The summed E-state index contributed by atoms with van der Waals surface area (Å²) in [6.07, 6.45) is 6.51. The number of carbonyl (C=O) groups excluding carboxylic acids is 1. The third-order valence-corrected chi connectivity index (χ3v) is 7.04. The minimum atomic E-state index is -3.95. The van der Waals surface area contributed by atoms with Crippen molar-refractivity contribution in [3.05, 3.63) is 69.8 Å². The van der Waals surface area contributed by atoms with E-state index < -0.39 is 10.0 Å². The molecule has 2 N–H and O–H groups in total. The molecule has 154 valence electrons. The van der Waals surface area contributed by atoms with Gasteiger partial charge in [-0.05, 0) is 74.9 Å². The summed E-state index contributed by atoms with van der Waals surface area (Å²) < 4.78 is 28.4. The molecule has 0 aliphatic heterocycles. The monoisotopic (exact) mass is 432 g/mol. The van der Waals surface area contributed by atoms with Gasteiger partial charge in [-0.1, -0.05) is 35.4 Å². The summed E-state index contributed by atoms with van der Waals surface area (Å²) in [6, 6.07) is 9.68. The van der Waals surface area contributed by atoms with E-state index in [9.17, 15) is 13.2 Å². The van der Waals surface area contributed by atoms with Gasteiger partial charge in [-0.2, -0.15) is 0 Å². The van der Waals surface area contributed by atoms with Crippen molar-refractivity contribution in [1.29, 1.82) is 0 Å². The molecule has 0 fully saturated rings. The smallest absolute Gasteiger partial charge is 0.263 e. The third-order valence-electron chi connectivity index (χ3n) is 5.19. The van der Waals surface area contributed by atoms with Gasteiger partial charge in [-0.15, -0.1) is 0 Å². The Morgan fingerprint density at radius 1 is 1.14 bits per heavy atom. The van der Waals surface area contributed by atoms with Gasteiger partial charge in [0.25, 0.3) is 15.9 Å². The highest BCUT2D eigenvalue weighted by Gasteiger charge is 2.21. The summed E-state index contributed by atoms with van der Waals surface area (Å²) in [5.41, 5.74) is 3.76. The molecule has 29 heavy (non-hydrogen) atoms. The van der Waals surface area contributed by atoms with E-state index in [-0.39, 0.29) is 21.4 Å². The van der Waals surface area contributed by atoms with Crippen LogP contribution in [0, 0.1) is 13.8 Å². The maximum Gasteiger partial charge on any atom is 0.263 e. The molecule has 0 radical (unpaired) electrons. The molecule has 2 aromatic rings. The third kappa shape index (κ3) is 5.19. The van der Waals surface area contributed by atoms with Crippen molar-refractivity contribution in [2.45, 2.75) is 44.4 Å². The Kier molecular flexibility index (Phi) is 6.65. The zero-order valence-electron chi connectivity index (χ0n) is 16.6. The summed E-state index contributed by atoms with van der Waals surface area (Å²) in [4.78, 5) is 12.4. The van der Waals surface area contributed by atoms with Crippen LogP contribution in [0.4, 0.5) is 5.69 Å². The fourth-order valence-electron chi connectivity index (χ4n) is 3.27. The second-order valence-electron chi connectivity index (χ2n) is 7.29. The van der Waals surface area contributed by atoms with Crippen LogP contribution in [-0.4, -0.2) is 20.9 Å². The van der Waals surface area contributed by atoms with E-state index in [2.05, 4.69) is 16.1 Å². The second kappa shape index (κ2) is 9.01. The second-order valence-corrected chi connectivity index (χ2v) is 9.35. The average molecular weight is 433 g/mol. The lowest BCUT2D eigenvalue weighted by Crippen LogP contribution is -2.26. The fourth-order valence-corrected chi connectivity index (χ4v) is 4.92. The fraction of sp³-hybridized carbons (Fsp3) is 0.318. The summed E-state index contributed by atoms with van der Waals surface area (Å²) in [7, 11) is -3.95. The lowest BCUT2D eigenvalue weighted by molar-refractivity contribution is 0.0956. The first-order valence-electron chi connectivity index (χ1n) is 9.62. The maximum absolute atomic E-state index is 12.9. The minimum absolute atomic E-state index is 0.0642. The van der Waals surface area contributed by atoms with E-state index in [1.54, 1.807) is 12.1 Å². The molecule has 0 aromatic heterocycles. The Morgan fingerprint density at radius 2 is 1.93 bits per heavy atom. The van der Waals surface area contributed by atoms with E-state index >= 15 is 0 Å². The quantitative estimate of drug-likeness (QED) is 0.631. The standard InChI is InChI=1S/C22H25ClN2O3S/c1-15-7-6-10-20(16(15)2)25-29(27,28)21-13-18(11-12-19(21)23)22(26)24-14-17-8-4-3-5-9-17/h6-8,10-13,25H,3-5,9,14H2,1-2H3,(H,24,26). The normalized spacial score (nSPS) is 14.2. The Hall–Kier alpha value is -2.31. The summed E-state index contributed by atoms with van der Waals surface area (Å²) >= 11 is 6.16. The zero-order chi connectivity index (χ0) is 21.0. The molecule has 0 bridgehead atoms. The first kappa shape index (κ1) is 21.4. The van der Waals surface area contributed by atoms with E-state index in [0.29, 0.717) is 12.2 Å². The number of halogens is 1. The van der Waals surface area contributed by atoms with Crippen molar-refractivity contribution in [1.82, 2.24) is 5.32 Å². The highest BCUT2D eigenvalue weighted by molar-refractivity contribution is 7.92. The Balaban J connectivity index is 1.81. The van der Waals surface area contributed by atoms with Crippen LogP contribution in [0.2, 0.25) is 5.02 Å². The van der Waals surface area contributed by atoms with Crippen LogP contribution in [0.15, 0.2) is 52.9 Å². The van der Waals surface area contributed by atoms with Crippen LogP contribution >= 0.6 is 11.6 Å². The van der Waals surface area contributed by atoms with Crippen LogP contribution < -0.4 is 10.0 Å². The van der Waals surface area contributed by atoms with Gasteiger partial charge >= 0.3 is 0 Å². The molecule has 0 spiro atoms. The number of allylic oxidation sites excluding steroid dienone is 1. The number of sulfonamides is 1. The highest BCUT2D eigenvalue weighted by atomic mass is 35.5. The lowest BCUT2D eigenvalue weighted by Gasteiger charge is -2.15. The summed E-state index contributed by atoms with van der Waals surface area (Å²) in [5.74, 6) is -0.323. The van der Waals surface area contributed by atoms with Crippen LogP contribution in [0.3, 0.4) is 0 Å². The maximum atomic E-state index is 12.9. The minimum Gasteiger partial charge on any atom is -0.348 e. The van der Waals surface area contributed by atoms with Gasteiger partial charge in [0.1, 0.15) is 4.90 Å². The number of rotatable bonds is 6. The molecule has 1 aliphatic carbocycles. The van der Waals surface area contributed by atoms with Crippen LogP contribution in [-0.2, 0) is 10.0 Å². The van der Waals surface area contributed by atoms with E-state index in [0.717, 1.165) is 30.4 Å². The van der Waals surface area contributed by atoms with Gasteiger partial charge in [0.2, 0.25) is 0 Å². The van der Waals surface area contributed by atoms with Crippen LogP contribution in [0.5, 0.6) is 0 Å². The lowest BCUT2D eigenvalue weighted by atomic mass is 9.99. The number of benzene rings is 2. The van der Waals surface area contributed by atoms with Crippen LogP contribution in [0.25, 0.3) is 0 Å². The Bertz CT molecular complexity index is 1060. The van der Waals surface area contributed by atoms with Gasteiger partial charge in [0.05, 0.1) is 10.7 Å². The molecule has 7 heteroatoms. The zero-order valence-corrected chi connectivity index (χ0v) is 18.2. The number of hydrogen-bond acceptors (Lipinski definition) is 3. The topological polar surface area (TPSA) is 75.3 Å². The van der Waals surface area contributed by atoms with Crippen molar-refractivity contribution in [2.75, 3.05) is 11.3 Å². The van der Waals surface area contributed by atoms with Gasteiger partial charge in [-0.25, -0.2) is 8.42 Å². The first-order valence-corrected chi connectivity index (χ1v) is 11.5. The van der Waals surface area contributed by atoms with E-state index in [1.165, 1.54) is 30.2 Å². The number of aryl methyl sites for hydroxylation is 1. The van der Waals surface area contributed by atoms with Crippen molar-refractivity contribution >= 4 is 33.2 Å². The molecule has 2 aromatic carbocycles. The molecule has 0 saturated carbocycles. The van der Waals surface area contributed by atoms with Gasteiger partial charge in [0.15, 0.2) is 0 Å². The molecule has 1 aliphatic rings. The molecule has 5 nitrogen and oxygen atoms in total. The number of carbonyl (C=O) groups is 1. The van der Waals surface area contributed by atoms with E-state index in [4.69, 9.17) is 11.6 Å². The van der Waals surface area contributed by atoms with Gasteiger partial charge in [0, 0.05) is 12.1 Å². The molecule has 0 unspecified atom stereocenters. The Labute approximate surface area is 177 Å². The molecule has 0 atom stereocenters. The average Bonchev–Trinajstić information content (AvgIpc) is 2.70. The number of anilines is 1. The van der Waals surface area contributed by atoms with Crippen molar-refractivity contribution in [3.8, 4) is 0 Å². The predicted molar refractivity (Wildman–Crippen MR) is 117 cm³/mol. The predicted octanol–water partition coefficient (Wildman–Crippen LogP) is 4.99. The Morgan fingerprint density at radius 3 is 2.66 bits per heavy atom. The SMILES string of the molecule is Cc1cccc(NS(=O)(=O)c2cc(C(=O)NCC3=CCCCC3)ccc2Cl)c1C. The van der Waals surface area contributed by atoms with Crippen molar-refractivity contribution < 1.29 is 13.2 Å². The summed E-state index contributed by atoms with van der Waals surface area (Å²) in [6.45, 7) is 4.23. The molecule has 1 amide bonds. The largest absolute Gasteiger partial charge is 0.348 e. The number of amides is 1. The van der Waals surface area contributed by atoms with Crippen molar-refractivity contribution in [3.63, 3.8) is 0 Å². The molecule has 0 heterocycles. The highest BCUT2D eigenvalue weighted by Crippen LogP contribution is 2.27. The van der Waals surface area contributed by atoms with Crippen LogP contribution in [0.1, 0.15) is 47.2 Å². The number of hydrogen-bond donors (Lipinski definition) is 2. The molecular weight excluding hydrogens is 408 g/mol. The van der Waals surface area contributed by atoms with Gasteiger partial charge < -0.3 is 5.32 Å². The summed E-state index contributed by atoms with van der Waals surface area (Å²) in [5, 5.41) is 2.93.